The molecule has 0 radical (unpaired) electrons. The summed E-state index contributed by atoms with van der Waals surface area (Å²) in [5.74, 6) is 3.03. The smallest absolute Gasteiger partial charge is 0.233 e. The molecule has 0 aliphatic heterocycles. The molecule has 14 heavy (non-hydrogen) atoms. The highest BCUT2D eigenvalue weighted by Crippen LogP contribution is 2.04. The highest BCUT2D eigenvalue weighted by atomic mass is 16.1. The zero-order valence-corrected chi connectivity index (χ0v) is 9.10. The van der Waals surface area contributed by atoms with Crippen molar-refractivity contribution in [3.63, 3.8) is 0 Å². The van der Waals surface area contributed by atoms with Gasteiger partial charge in [0.15, 0.2) is 0 Å². The number of amides is 1. The second kappa shape index (κ2) is 8.58. The van der Waals surface area contributed by atoms with Crippen LogP contribution in [0.5, 0.6) is 0 Å². The molecule has 0 aliphatic rings. The van der Waals surface area contributed by atoms with Gasteiger partial charge in [-0.2, -0.15) is 0 Å². The predicted molar refractivity (Wildman–Crippen MR) is 58.8 cm³/mol. The Morgan fingerprint density at radius 2 is 2.07 bits per heavy atom. The van der Waals surface area contributed by atoms with Gasteiger partial charge < -0.3 is 5.32 Å². The highest BCUT2D eigenvalue weighted by molar-refractivity contribution is 5.77. The molecule has 3 nitrogen and oxygen atoms in total. The van der Waals surface area contributed by atoms with Crippen LogP contribution in [0.3, 0.4) is 0 Å². The van der Waals surface area contributed by atoms with E-state index in [9.17, 15) is 4.79 Å². The minimum atomic E-state index is 0.0205. The molecule has 0 aliphatic carbocycles. The molecule has 0 bridgehead atoms. The van der Waals surface area contributed by atoms with Crippen molar-refractivity contribution in [2.75, 3.05) is 19.6 Å². The van der Waals surface area contributed by atoms with Gasteiger partial charge in [-0.1, -0.05) is 32.6 Å². The lowest BCUT2D eigenvalue weighted by atomic mass is 10.0. The minimum Gasteiger partial charge on any atom is -0.355 e. The summed E-state index contributed by atoms with van der Waals surface area (Å²) in [6, 6.07) is 0. The van der Waals surface area contributed by atoms with Crippen molar-refractivity contribution in [3.05, 3.63) is 0 Å². The van der Waals surface area contributed by atoms with E-state index in [-0.39, 0.29) is 5.91 Å². The van der Waals surface area contributed by atoms with Crippen LogP contribution >= 0.6 is 0 Å². The molecule has 0 unspecified atom stereocenters. The maximum atomic E-state index is 11.2. The Balaban J connectivity index is 3.48. The summed E-state index contributed by atoms with van der Waals surface area (Å²) in [7, 11) is 0. The van der Waals surface area contributed by atoms with Gasteiger partial charge in [-0.3, -0.25) is 10.1 Å². The maximum Gasteiger partial charge on any atom is 0.233 e. The van der Waals surface area contributed by atoms with Crippen LogP contribution in [0, 0.1) is 18.3 Å². The monoisotopic (exact) mass is 196 g/mol. The topological polar surface area (TPSA) is 41.1 Å². The Labute approximate surface area is 86.6 Å². The summed E-state index contributed by atoms with van der Waals surface area (Å²) in [5.41, 5.74) is 0. The number of rotatable bonds is 7. The van der Waals surface area contributed by atoms with Gasteiger partial charge in [-0.25, -0.2) is 0 Å². The quantitative estimate of drug-likeness (QED) is 0.466. The van der Waals surface area contributed by atoms with Crippen molar-refractivity contribution in [1.82, 2.24) is 10.6 Å². The first-order valence-electron chi connectivity index (χ1n) is 5.15. The van der Waals surface area contributed by atoms with Gasteiger partial charge in [0.2, 0.25) is 5.91 Å². The summed E-state index contributed by atoms with van der Waals surface area (Å²) < 4.78 is 0. The largest absolute Gasteiger partial charge is 0.355 e. The fraction of sp³-hybridized carbons (Fsp3) is 0.727. The summed E-state index contributed by atoms with van der Waals surface area (Å²) in [5, 5.41) is 5.72. The van der Waals surface area contributed by atoms with Crippen LogP contribution in [0.4, 0.5) is 0 Å². The van der Waals surface area contributed by atoms with Crippen LogP contribution in [-0.4, -0.2) is 25.5 Å². The van der Waals surface area contributed by atoms with Gasteiger partial charge in [-0.05, 0) is 5.92 Å². The van der Waals surface area contributed by atoms with E-state index >= 15 is 0 Å². The summed E-state index contributed by atoms with van der Waals surface area (Å²) in [4.78, 5) is 11.2. The van der Waals surface area contributed by atoms with E-state index in [4.69, 9.17) is 6.42 Å². The van der Waals surface area contributed by atoms with Crippen molar-refractivity contribution in [1.29, 1.82) is 0 Å². The lowest BCUT2D eigenvalue weighted by Crippen LogP contribution is -2.36. The van der Waals surface area contributed by atoms with Crippen LogP contribution in [0.1, 0.15) is 26.7 Å². The molecule has 0 spiro atoms. The zero-order valence-electron chi connectivity index (χ0n) is 9.10. The molecule has 0 saturated carbocycles. The van der Waals surface area contributed by atoms with E-state index in [1.54, 1.807) is 0 Å². The van der Waals surface area contributed by atoms with Gasteiger partial charge in [0.25, 0.3) is 0 Å². The third-order valence-corrected chi connectivity index (χ3v) is 2.26. The summed E-state index contributed by atoms with van der Waals surface area (Å²) in [6.45, 7) is 5.79. The van der Waals surface area contributed by atoms with Crippen molar-refractivity contribution in [3.8, 4) is 12.3 Å². The highest BCUT2D eigenvalue weighted by Gasteiger charge is 2.05. The molecule has 0 rings (SSSR count). The normalized spacial score (nSPS) is 9.86. The molecule has 1 amide bonds. The second-order valence-electron chi connectivity index (χ2n) is 3.29. The molecule has 2 N–H and O–H groups in total. The van der Waals surface area contributed by atoms with Crippen molar-refractivity contribution in [2.45, 2.75) is 26.7 Å². The number of hydrogen-bond acceptors (Lipinski definition) is 2. The average molecular weight is 196 g/mol. The van der Waals surface area contributed by atoms with Crippen LogP contribution < -0.4 is 10.6 Å². The second-order valence-corrected chi connectivity index (χ2v) is 3.29. The van der Waals surface area contributed by atoms with Crippen molar-refractivity contribution >= 4 is 5.91 Å². The Morgan fingerprint density at radius 3 is 2.57 bits per heavy atom. The molecule has 80 valence electrons. The van der Waals surface area contributed by atoms with E-state index in [2.05, 4.69) is 30.4 Å². The van der Waals surface area contributed by atoms with Crippen LogP contribution in [0.25, 0.3) is 0 Å². The number of nitrogens with one attached hydrogen (secondary N) is 2. The minimum absolute atomic E-state index is 0.0205. The molecule has 0 aromatic carbocycles. The van der Waals surface area contributed by atoms with E-state index in [1.807, 2.05) is 0 Å². The third kappa shape index (κ3) is 6.50. The Kier molecular flexibility index (Phi) is 7.96. The van der Waals surface area contributed by atoms with E-state index in [0.717, 1.165) is 19.4 Å². The van der Waals surface area contributed by atoms with Gasteiger partial charge >= 0.3 is 0 Å². The first kappa shape index (κ1) is 13.0. The first-order valence-corrected chi connectivity index (χ1v) is 5.15. The first-order chi connectivity index (χ1) is 6.74. The molecule has 3 heteroatoms. The van der Waals surface area contributed by atoms with Crippen molar-refractivity contribution in [2.24, 2.45) is 5.92 Å². The SMILES string of the molecule is C#CCNCC(=O)NCC(CC)CC. The van der Waals surface area contributed by atoms with Crippen LogP contribution in [0.2, 0.25) is 0 Å². The number of hydrogen-bond donors (Lipinski definition) is 2. The summed E-state index contributed by atoms with van der Waals surface area (Å²) >= 11 is 0. The van der Waals surface area contributed by atoms with Gasteiger partial charge in [-0.15, -0.1) is 6.42 Å². The maximum absolute atomic E-state index is 11.2. The molecule has 0 heterocycles. The van der Waals surface area contributed by atoms with E-state index in [1.165, 1.54) is 0 Å². The Bertz CT molecular complexity index is 192. The number of terminal acetylenes is 1. The molecular formula is C11H20N2O. The lowest BCUT2D eigenvalue weighted by Gasteiger charge is -2.13. The lowest BCUT2D eigenvalue weighted by molar-refractivity contribution is -0.120. The standard InChI is InChI=1S/C11H20N2O/c1-4-7-12-9-11(14)13-8-10(5-2)6-3/h1,10,12H,5-9H2,2-3H3,(H,13,14). The average Bonchev–Trinajstić information content (AvgIpc) is 2.20. The Morgan fingerprint density at radius 1 is 1.43 bits per heavy atom. The molecular weight excluding hydrogens is 176 g/mol. The Hall–Kier alpha value is -1.01. The van der Waals surface area contributed by atoms with Crippen LogP contribution in [0.15, 0.2) is 0 Å². The molecule has 0 aromatic rings. The van der Waals surface area contributed by atoms with E-state index < -0.39 is 0 Å². The fourth-order valence-corrected chi connectivity index (χ4v) is 1.15. The summed E-state index contributed by atoms with van der Waals surface area (Å²) in [6.07, 6.45) is 7.25. The van der Waals surface area contributed by atoms with Gasteiger partial charge in [0.1, 0.15) is 0 Å². The molecule has 0 saturated heterocycles. The number of carbonyl (C=O) groups excluding carboxylic acids is 1. The van der Waals surface area contributed by atoms with E-state index in [0.29, 0.717) is 19.0 Å². The molecule has 0 aromatic heterocycles. The number of carbonyl (C=O) groups is 1. The predicted octanol–water partition coefficient (Wildman–Crippen LogP) is 0.762. The fourth-order valence-electron chi connectivity index (χ4n) is 1.15. The van der Waals surface area contributed by atoms with Crippen molar-refractivity contribution < 1.29 is 4.79 Å². The zero-order chi connectivity index (χ0) is 10.8. The third-order valence-electron chi connectivity index (χ3n) is 2.26. The molecule has 0 atom stereocenters. The molecule has 0 fully saturated rings. The van der Waals surface area contributed by atoms with Gasteiger partial charge in [0.05, 0.1) is 13.1 Å². The van der Waals surface area contributed by atoms with Gasteiger partial charge in [0, 0.05) is 6.54 Å². The van der Waals surface area contributed by atoms with Crippen LogP contribution in [-0.2, 0) is 4.79 Å².